The van der Waals surface area contributed by atoms with Crippen molar-refractivity contribution in [3.63, 3.8) is 0 Å². The van der Waals surface area contributed by atoms with Crippen LogP contribution in [0.25, 0.3) is 0 Å². The highest BCUT2D eigenvalue weighted by molar-refractivity contribution is 7.89. The third-order valence-electron chi connectivity index (χ3n) is 7.09. The predicted octanol–water partition coefficient (Wildman–Crippen LogP) is -1.12. The van der Waals surface area contributed by atoms with Gasteiger partial charge >= 0.3 is 0 Å². The van der Waals surface area contributed by atoms with Crippen LogP contribution in [-0.4, -0.2) is 116 Å². The first-order valence-corrected chi connectivity index (χ1v) is 13.0. The Balaban J connectivity index is 1.12. The lowest BCUT2D eigenvalue weighted by Gasteiger charge is -2.50. The summed E-state index contributed by atoms with van der Waals surface area (Å²) < 4.78 is 47.8. The van der Waals surface area contributed by atoms with E-state index in [0.717, 1.165) is 19.3 Å². The molecular formula is C20H34N2O9S. The summed E-state index contributed by atoms with van der Waals surface area (Å²) in [5.41, 5.74) is -1.28. The second-order valence-corrected chi connectivity index (χ2v) is 11.0. The summed E-state index contributed by atoms with van der Waals surface area (Å²) >= 11 is 0. The molecule has 0 aromatic heterocycles. The minimum atomic E-state index is -3.20. The Labute approximate surface area is 188 Å². The molecule has 3 aliphatic heterocycles. The molecule has 0 spiro atoms. The largest absolute Gasteiger partial charge is 0.394 e. The first-order valence-electron chi connectivity index (χ1n) is 11.4. The average Bonchev–Trinajstić information content (AvgIpc) is 3.33. The molecule has 3 saturated heterocycles. The number of carbonyl (C=O) groups excluding carboxylic acids is 1. The van der Waals surface area contributed by atoms with Crippen LogP contribution in [0.4, 0.5) is 0 Å². The van der Waals surface area contributed by atoms with Crippen LogP contribution < -0.4 is 0 Å². The number of nitrogens with zero attached hydrogens (tertiary/aromatic N) is 2. The Hall–Kier alpha value is -0.860. The molecule has 2 N–H and O–H groups in total. The van der Waals surface area contributed by atoms with E-state index >= 15 is 0 Å². The molecule has 0 aromatic rings. The van der Waals surface area contributed by atoms with E-state index in [9.17, 15) is 23.4 Å². The van der Waals surface area contributed by atoms with Crippen molar-refractivity contribution in [3.05, 3.63) is 0 Å². The lowest BCUT2D eigenvalue weighted by molar-refractivity contribution is -0.227. The Kier molecular flexibility index (Phi) is 7.42. The molecule has 32 heavy (non-hydrogen) atoms. The number of amides is 1. The van der Waals surface area contributed by atoms with Crippen LogP contribution in [0.15, 0.2) is 0 Å². The number of hydrogen-bond acceptors (Lipinski definition) is 9. The third-order valence-corrected chi connectivity index (χ3v) is 8.97. The second kappa shape index (κ2) is 9.79. The maximum Gasteiger partial charge on any atom is 0.222 e. The number of aliphatic hydroxyl groups is 2. The van der Waals surface area contributed by atoms with E-state index in [0.29, 0.717) is 39.2 Å². The van der Waals surface area contributed by atoms with E-state index in [2.05, 4.69) is 0 Å². The summed E-state index contributed by atoms with van der Waals surface area (Å²) in [6.07, 6.45) is 0.478. The van der Waals surface area contributed by atoms with Crippen LogP contribution in [0.1, 0.15) is 32.6 Å². The number of ether oxygens (including phenoxy) is 4. The maximum atomic E-state index is 12.4. The lowest BCUT2D eigenvalue weighted by Crippen LogP contribution is -2.72. The first kappa shape index (κ1) is 24.3. The SMILES string of the molecule is CCS(=O)(=O)N1CCN(C(=O)CCCCCOC2OC(CO)C3(O)C4OCOC4C23)CC1. The molecule has 4 rings (SSSR count). The van der Waals surface area contributed by atoms with E-state index in [-0.39, 0.29) is 37.1 Å². The number of fused-ring (bicyclic) bond motifs is 4. The van der Waals surface area contributed by atoms with Gasteiger partial charge in [0.25, 0.3) is 0 Å². The average molecular weight is 479 g/mol. The van der Waals surface area contributed by atoms with E-state index in [1.807, 2.05) is 0 Å². The monoisotopic (exact) mass is 478 g/mol. The highest BCUT2D eigenvalue weighted by Crippen LogP contribution is 2.55. The molecule has 12 heteroatoms. The Morgan fingerprint density at radius 1 is 1.16 bits per heavy atom. The van der Waals surface area contributed by atoms with E-state index in [4.69, 9.17) is 18.9 Å². The number of rotatable bonds is 10. The zero-order valence-electron chi connectivity index (χ0n) is 18.4. The van der Waals surface area contributed by atoms with Crippen molar-refractivity contribution in [2.24, 2.45) is 5.92 Å². The highest BCUT2D eigenvalue weighted by Gasteiger charge is 2.75. The number of carbonyl (C=O) groups is 1. The van der Waals surface area contributed by atoms with E-state index in [1.165, 1.54) is 4.31 Å². The molecule has 3 heterocycles. The topological polar surface area (TPSA) is 135 Å². The van der Waals surface area contributed by atoms with Gasteiger partial charge in [-0.15, -0.1) is 0 Å². The van der Waals surface area contributed by atoms with Gasteiger partial charge in [-0.05, 0) is 19.8 Å². The molecular weight excluding hydrogens is 444 g/mol. The first-order chi connectivity index (χ1) is 15.3. The third kappa shape index (κ3) is 4.31. The molecule has 6 unspecified atom stereocenters. The molecule has 184 valence electrons. The van der Waals surface area contributed by atoms with Crippen molar-refractivity contribution < 1.29 is 42.4 Å². The summed E-state index contributed by atoms with van der Waals surface area (Å²) in [7, 11) is -3.20. The van der Waals surface area contributed by atoms with Gasteiger partial charge in [-0.1, -0.05) is 6.42 Å². The fourth-order valence-corrected chi connectivity index (χ4v) is 6.25. The highest BCUT2D eigenvalue weighted by atomic mass is 32.2. The number of piperazine rings is 1. The van der Waals surface area contributed by atoms with Crippen molar-refractivity contribution >= 4 is 15.9 Å². The molecule has 11 nitrogen and oxygen atoms in total. The fraction of sp³-hybridized carbons (Fsp3) is 0.950. The number of aliphatic hydroxyl groups excluding tert-OH is 1. The minimum absolute atomic E-state index is 0.0494. The van der Waals surface area contributed by atoms with Gasteiger partial charge in [0.05, 0.1) is 18.3 Å². The van der Waals surface area contributed by atoms with Gasteiger partial charge in [0.15, 0.2) is 6.29 Å². The fourth-order valence-electron chi connectivity index (χ4n) is 5.17. The molecule has 1 aliphatic carbocycles. The van der Waals surface area contributed by atoms with Crippen molar-refractivity contribution in [1.82, 2.24) is 9.21 Å². The summed E-state index contributed by atoms with van der Waals surface area (Å²) in [6.45, 7) is 3.42. The van der Waals surface area contributed by atoms with Crippen molar-refractivity contribution in [2.45, 2.75) is 62.8 Å². The predicted molar refractivity (Wildman–Crippen MR) is 111 cm³/mol. The van der Waals surface area contributed by atoms with Gasteiger partial charge in [0, 0.05) is 39.2 Å². The van der Waals surface area contributed by atoms with E-state index in [1.54, 1.807) is 11.8 Å². The summed E-state index contributed by atoms with van der Waals surface area (Å²) in [4.78, 5) is 14.1. The smallest absolute Gasteiger partial charge is 0.222 e. The van der Waals surface area contributed by atoms with Crippen LogP contribution in [0.3, 0.4) is 0 Å². The quantitative estimate of drug-likeness (QED) is 0.374. The molecule has 4 fully saturated rings. The molecule has 1 saturated carbocycles. The van der Waals surface area contributed by atoms with Gasteiger partial charge in [0.2, 0.25) is 15.9 Å². The minimum Gasteiger partial charge on any atom is -0.394 e. The van der Waals surface area contributed by atoms with Gasteiger partial charge in [0.1, 0.15) is 30.7 Å². The Morgan fingerprint density at radius 3 is 2.59 bits per heavy atom. The molecule has 1 amide bonds. The van der Waals surface area contributed by atoms with Crippen LogP contribution in [0, 0.1) is 5.92 Å². The standard InChI is InChI=1S/C20H34N2O9S/c1-2-32(26,27)22-9-7-21(8-10-22)15(24)6-4-3-5-11-28-19-16-17-18(30-13-29-17)20(16,25)14(12-23)31-19/h14,16-19,23,25H,2-13H2,1H3. The van der Waals surface area contributed by atoms with E-state index < -0.39 is 34.1 Å². The van der Waals surface area contributed by atoms with Gasteiger partial charge in [-0.3, -0.25) is 4.79 Å². The van der Waals surface area contributed by atoms with Gasteiger partial charge in [-0.25, -0.2) is 8.42 Å². The Bertz CT molecular complexity index is 773. The second-order valence-electron chi connectivity index (χ2n) is 8.79. The summed E-state index contributed by atoms with van der Waals surface area (Å²) in [5, 5.41) is 20.5. The van der Waals surface area contributed by atoms with Crippen LogP contribution in [-0.2, 0) is 33.8 Å². The Morgan fingerprint density at radius 2 is 1.91 bits per heavy atom. The van der Waals surface area contributed by atoms with Crippen molar-refractivity contribution in [2.75, 3.05) is 51.9 Å². The molecule has 6 atom stereocenters. The zero-order chi connectivity index (χ0) is 22.9. The number of hydrogen-bond donors (Lipinski definition) is 2. The maximum absolute atomic E-state index is 12.4. The van der Waals surface area contributed by atoms with Crippen LogP contribution >= 0.6 is 0 Å². The summed E-state index contributed by atoms with van der Waals surface area (Å²) in [5.74, 6) is -0.255. The zero-order valence-corrected chi connectivity index (χ0v) is 19.2. The molecule has 0 bridgehead atoms. The van der Waals surface area contributed by atoms with Crippen LogP contribution in [0.5, 0.6) is 0 Å². The van der Waals surface area contributed by atoms with Gasteiger partial charge < -0.3 is 34.1 Å². The number of sulfonamides is 1. The van der Waals surface area contributed by atoms with Crippen molar-refractivity contribution in [3.8, 4) is 0 Å². The van der Waals surface area contributed by atoms with Crippen molar-refractivity contribution in [1.29, 1.82) is 0 Å². The summed E-state index contributed by atoms with van der Waals surface area (Å²) in [6, 6.07) is 0. The molecule has 0 radical (unpaired) electrons. The van der Waals surface area contributed by atoms with Gasteiger partial charge in [-0.2, -0.15) is 4.31 Å². The molecule has 0 aromatic carbocycles. The van der Waals surface area contributed by atoms with Crippen LogP contribution in [0.2, 0.25) is 0 Å². The number of unbranched alkanes of at least 4 members (excludes halogenated alkanes) is 2. The normalized spacial score (nSPS) is 37.2. The molecule has 4 aliphatic rings. The lowest BCUT2D eigenvalue weighted by atomic mass is 9.63.